The lowest BCUT2D eigenvalue weighted by Gasteiger charge is -2.07. The molecule has 0 fully saturated rings. The van der Waals surface area contributed by atoms with Crippen molar-refractivity contribution < 1.29 is 14.3 Å². The Bertz CT molecular complexity index is 795. The van der Waals surface area contributed by atoms with Crippen LogP contribution in [0.1, 0.15) is 10.4 Å². The number of phenolic OH excluding ortho intramolecular Hbond substituents is 1. The number of halogens is 1. The summed E-state index contributed by atoms with van der Waals surface area (Å²) in [6.07, 6.45) is 1.75. The van der Waals surface area contributed by atoms with Gasteiger partial charge in [-0.3, -0.25) is 4.79 Å². The van der Waals surface area contributed by atoms with Crippen LogP contribution in [0.5, 0.6) is 5.75 Å². The Morgan fingerprint density at radius 3 is 2.85 bits per heavy atom. The van der Waals surface area contributed by atoms with Crippen molar-refractivity contribution in [1.82, 2.24) is 4.98 Å². The molecule has 0 radical (unpaired) electrons. The third kappa shape index (κ3) is 2.09. The first-order valence-corrected chi connectivity index (χ1v) is 6.01. The van der Waals surface area contributed by atoms with E-state index in [0.717, 1.165) is 17.0 Å². The summed E-state index contributed by atoms with van der Waals surface area (Å²) in [5, 5.41) is 12.5. The van der Waals surface area contributed by atoms with Gasteiger partial charge in [0, 0.05) is 34.4 Å². The molecule has 0 atom stereocenters. The van der Waals surface area contributed by atoms with Crippen LogP contribution in [0.3, 0.4) is 0 Å². The number of aromatic nitrogens is 1. The average molecular weight is 270 g/mol. The Morgan fingerprint density at radius 2 is 2.05 bits per heavy atom. The van der Waals surface area contributed by atoms with Crippen molar-refractivity contribution in [3.05, 3.63) is 60.0 Å². The van der Waals surface area contributed by atoms with Gasteiger partial charge in [-0.25, -0.2) is 4.39 Å². The molecular weight excluding hydrogens is 259 g/mol. The number of amides is 1. The van der Waals surface area contributed by atoms with E-state index in [0.29, 0.717) is 5.56 Å². The highest BCUT2D eigenvalue weighted by Gasteiger charge is 2.11. The molecule has 0 unspecified atom stereocenters. The number of hydrogen-bond acceptors (Lipinski definition) is 2. The van der Waals surface area contributed by atoms with Crippen LogP contribution in [0, 0.1) is 5.82 Å². The zero-order valence-electron chi connectivity index (χ0n) is 10.4. The van der Waals surface area contributed by atoms with E-state index >= 15 is 0 Å². The SMILES string of the molecule is O=C(Nc1ccc(O)c(F)c1)c1cccc2[nH]ccc12. The molecule has 100 valence electrons. The Labute approximate surface area is 113 Å². The van der Waals surface area contributed by atoms with Gasteiger partial charge in [-0.2, -0.15) is 0 Å². The van der Waals surface area contributed by atoms with Crippen LogP contribution in [0.15, 0.2) is 48.7 Å². The molecule has 0 bridgehead atoms. The van der Waals surface area contributed by atoms with Crippen molar-refractivity contribution in [2.45, 2.75) is 0 Å². The van der Waals surface area contributed by atoms with Crippen molar-refractivity contribution in [1.29, 1.82) is 0 Å². The monoisotopic (exact) mass is 270 g/mol. The number of carbonyl (C=O) groups excluding carboxylic acids is 1. The van der Waals surface area contributed by atoms with Gasteiger partial charge in [-0.05, 0) is 30.3 Å². The molecule has 3 rings (SSSR count). The number of carbonyl (C=O) groups is 1. The van der Waals surface area contributed by atoms with E-state index in [1.807, 2.05) is 12.1 Å². The van der Waals surface area contributed by atoms with Gasteiger partial charge < -0.3 is 15.4 Å². The van der Waals surface area contributed by atoms with E-state index in [4.69, 9.17) is 5.11 Å². The number of aromatic hydroxyl groups is 1. The highest BCUT2D eigenvalue weighted by atomic mass is 19.1. The van der Waals surface area contributed by atoms with Gasteiger partial charge in [0.15, 0.2) is 11.6 Å². The van der Waals surface area contributed by atoms with Crippen LogP contribution in [0.4, 0.5) is 10.1 Å². The molecule has 0 aliphatic carbocycles. The zero-order valence-corrected chi connectivity index (χ0v) is 10.4. The number of benzene rings is 2. The summed E-state index contributed by atoms with van der Waals surface area (Å²) < 4.78 is 13.2. The lowest BCUT2D eigenvalue weighted by atomic mass is 10.1. The smallest absolute Gasteiger partial charge is 0.256 e. The van der Waals surface area contributed by atoms with Crippen molar-refractivity contribution >= 4 is 22.5 Å². The number of nitrogens with one attached hydrogen (secondary N) is 2. The van der Waals surface area contributed by atoms with Crippen LogP contribution in [-0.2, 0) is 0 Å². The molecule has 5 heteroatoms. The van der Waals surface area contributed by atoms with Crippen molar-refractivity contribution in [2.75, 3.05) is 5.32 Å². The predicted molar refractivity (Wildman–Crippen MR) is 74.3 cm³/mol. The standard InChI is InChI=1S/C15H11FN2O2/c16-12-8-9(4-5-14(12)19)18-15(20)11-2-1-3-13-10(11)6-7-17-13/h1-8,17,19H,(H,18,20). The van der Waals surface area contributed by atoms with Crippen molar-refractivity contribution in [3.8, 4) is 5.75 Å². The minimum atomic E-state index is -0.775. The van der Waals surface area contributed by atoms with Crippen LogP contribution >= 0.6 is 0 Å². The lowest BCUT2D eigenvalue weighted by molar-refractivity contribution is 0.102. The quantitative estimate of drug-likeness (QED) is 0.626. The van der Waals surface area contributed by atoms with E-state index in [2.05, 4.69) is 10.3 Å². The van der Waals surface area contributed by atoms with Gasteiger partial charge in [0.2, 0.25) is 0 Å². The first kappa shape index (κ1) is 12.2. The second-order valence-corrected chi connectivity index (χ2v) is 4.36. The van der Waals surface area contributed by atoms with Gasteiger partial charge in [0.1, 0.15) is 0 Å². The highest BCUT2D eigenvalue weighted by Crippen LogP contribution is 2.22. The Balaban J connectivity index is 1.93. The molecule has 0 saturated carbocycles. The second kappa shape index (κ2) is 4.70. The number of hydrogen-bond donors (Lipinski definition) is 3. The molecule has 1 heterocycles. The largest absolute Gasteiger partial charge is 0.505 e. The minimum absolute atomic E-state index is 0.290. The molecular formula is C15H11FN2O2. The first-order valence-electron chi connectivity index (χ1n) is 6.01. The molecule has 2 aromatic carbocycles. The number of H-pyrrole nitrogens is 1. The summed E-state index contributed by atoms with van der Waals surface area (Å²) in [4.78, 5) is 15.2. The topological polar surface area (TPSA) is 65.1 Å². The van der Waals surface area contributed by atoms with Crippen molar-refractivity contribution in [3.63, 3.8) is 0 Å². The van der Waals surface area contributed by atoms with Crippen LogP contribution in [0.2, 0.25) is 0 Å². The number of anilines is 1. The third-order valence-corrected chi connectivity index (χ3v) is 3.05. The van der Waals surface area contributed by atoms with Gasteiger partial charge in [0.05, 0.1) is 0 Å². The number of aromatic amines is 1. The number of phenols is 1. The van der Waals surface area contributed by atoms with Crippen molar-refractivity contribution in [2.24, 2.45) is 0 Å². The van der Waals surface area contributed by atoms with Gasteiger partial charge in [-0.15, -0.1) is 0 Å². The number of fused-ring (bicyclic) bond motifs is 1. The van der Waals surface area contributed by atoms with E-state index in [-0.39, 0.29) is 11.6 Å². The Morgan fingerprint density at radius 1 is 1.20 bits per heavy atom. The second-order valence-electron chi connectivity index (χ2n) is 4.36. The fourth-order valence-electron chi connectivity index (χ4n) is 2.07. The molecule has 0 aliphatic rings. The maximum Gasteiger partial charge on any atom is 0.256 e. The lowest BCUT2D eigenvalue weighted by Crippen LogP contribution is -2.12. The van der Waals surface area contributed by atoms with Gasteiger partial charge >= 0.3 is 0 Å². The summed E-state index contributed by atoms with van der Waals surface area (Å²) in [5.41, 5.74) is 1.64. The normalized spacial score (nSPS) is 10.7. The van der Waals surface area contributed by atoms with E-state index in [1.165, 1.54) is 12.1 Å². The molecule has 0 aliphatic heterocycles. The molecule has 0 saturated heterocycles. The summed E-state index contributed by atoms with van der Waals surface area (Å²) >= 11 is 0. The van der Waals surface area contributed by atoms with Crippen LogP contribution in [-0.4, -0.2) is 16.0 Å². The Hall–Kier alpha value is -2.82. The maximum absolute atomic E-state index is 13.2. The van der Waals surface area contributed by atoms with E-state index in [1.54, 1.807) is 18.3 Å². The highest BCUT2D eigenvalue weighted by molar-refractivity contribution is 6.12. The van der Waals surface area contributed by atoms with Gasteiger partial charge in [0.25, 0.3) is 5.91 Å². The summed E-state index contributed by atoms with van der Waals surface area (Å²) in [5.74, 6) is -1.56. The Kier molecular flexibility index (Phi) is 2.87. The average Bonchev–Trinajstić information content (AvgIpc) is 2.91. The van der Waals surface area contributed by atoms with E-state index < -0.39 is 11.6 Å². The minimum Gasteiger partial charge on any atom is -0.505 e. The predicted octanol–water partition coefficient (Wildman–Crippen LogP) is 3.26. The molecule has 1 amide bonds. The number of rotatable bonds is 2. The van der Waals surface area contributed by atoms with Crippen LogP contribution < -0.4 is 5.32 Å². The zero-order chi connectivity index (χ0) is 14.1. The fraction of sp³-hybridized carbons (Fsp3) is 0. The van der Waals surface area contributed by atoms with Gasteiger partial charge in [-0.1, -0.05) is 6.07 Å². The first-order chi connectivity index (χ1) is 9.65. The molecule has 3 aromatic rings. The maximum atomic E-state index is 13.2. The third-order valence-electron chi connectivity index (χ3n) is 3.05. The molecule has 4 nitrogen and oxygen atoms in total. The molecule has 0 spiro atoms. The fourth-order valence-corrected chi connectivity index (χ4v) is 2.07. The van der Waals surface area contributed by atoms with Crippen LogP contribution in [0.25, 0.3) is 10.9 Å². The summed E-state index contributed by atoms with van der Waals surface area (Å²) in [6, 6.07) is 10.8. The molecule has 3 N–H and O–H groups in total. The molecule has 20 heavy (non-hydrogen) atoms. The molecule has 1 aromatic heterocycles. The van der Waals surface area contributed by atoms with E-state index in [9.17, 15) is 9.18 Å². The summed E-state index contributed by atoms with van der Waals surface area (Å²) in [7, 11) is 0. The summed E-state index contributed by atoms with van der Waals surface area (Å²) in [6.45, 7) is 0.